The Labute approximate surface area is 224 Å². The number of nitrogens with zero attached hydrogens (tertiary/aromatic N) is 2. The van der Waals surface area contributed by atoms with E-state index >= 15 is 0 Å². The predicted molar refractivity (Wildman–Crippen MR) is 131 cm³/mol. The summed E-state index contributed by atoms with van der Waals surface area (Å²) >= 11 is 1.63. The first-order valence-corrected chi connectivity index (χ1v) is 11.2. The van der Waals surface area contributed by atoms with E-state index in [4.69, 9.17) is 14.0 Å². The van der Waals surface area contributed by atoms with Gasteiger partial charge in [0.2, 0.25) is 0 Å². The van der Waals surface area contributed by atoms with Crippen LogP contribution in [0, 0.1) is 6.92 Å². The van der Waals surface area contributed by atoms with Crippen LogP contribution in [-0.2, 0) is 6.54 Å². The standard InChI is InChI=1S/C26H23N2O4S.Na/c1-17-13-26(28-32-17)27-16-18-6-8-19(9-7-18)22(29)11-10-20-14-21(25-5-4-12-33-25)24(31-3)15-23(20)30-2;/h4-15H,16H2,1-3H3;/q-1;+1/b11-10+;. The van der Waals surface area contributed by atoms with Crippen LogP contribution in [0.2, 0.25) is 0 Å². The van der Waals surface area contributed by atoms with Gasteiger partial charge in [-0.05, 0) is 60.6 Å². The van der Waals surface area contributed by atoms with Crippen molar-refractivity contribution in [3.63, 3.8) is 0 Å². The summed E-state index contributed by atoms with van der Waals surface area (Å²) in [7, 11) is 3.23. The molecule has 8 heteroatoms. The number of methoxy groups -OCH3 is 2. The fourth-order valence-corrected chi connectivity index (χ4v) is 4.06. The van der Waals surface area contributed by atoms with E-state index in [0.717, 1.165) is 33.1 Å². The van der Waals surface area contributed by atoms with Gasteiger partial charge in [-0.3, -0.25) is 9.95 Å². The molecule has 2 aromatic heterocycles. The quantitative estimate of drug-likeness (QED) is 0.206. The molecule has 0 aliphatic heterocycles. The van der Waals surface area contributed by atoms with Gasteiger partial charge in [0.15, 0.2) is 5.78 Å². The van der Waals surface area contributed by atoms with Crippen molar-refractivity contribution in [1.29, 1.82) is 0 Å². The van der Waals surface area contributed by atoms with E-state index in [2.05, 4.69) is 10.5 Å². The first-order valence-electron chi connectivity index (χ1n) is 10.3. The second kappa shape index (κ2) is 12.0. The molecule has 0 aliphatic carbocycles. The van der Waals surface area contributed by atoms with E-state index < -0.39 is 0 Å². The number of allylic oxidation sites excluding steroid dienone is 1. The number of aromatic nitrogens is 1. The molecule has 0 atom stereocenters. The van der Waals surface area contributed by atoms with E-state index in [9.17, 15) is 4.79 Å². The molecule has 0 N–H and O–H groups in total. The molecule has 0 unspecified atom stereocenters. The number of ether oxygens (including phenoxy) is 2. The number of aryl methyl sites for hydroxylation is 1. The Morgan fingerprint density at radius 1 is 1.09 bits per heavy atom. The average molecular weight is 483 g/mol. The van der Waals surface area contributed by atoms with Gasteiger partial charge >= 0.3 is 29.6 Å². The van der Waals surface area contributed by atoms with Crippen LogP contribution in [0.15, 0.2) is 70.6 Å². The summed E-state index contributed by atoms with van der Waals surface area (Å²) < 4.78 is 16.1. The Kier molecular flexibility index (Phi) is 9.12. The maximum absolute atomic E-state index is 12.8. The number of carbonyl (C=O) groups is 1. The van der Waals surface area contributed by atoms with Crippen molar-refractivity contribution in [3.8, 4) is 21.9 Å². The van der Waals surface area contributed by atoms with E-state index in [0.29, 0.717) is 23.7 Å². The molecule has 0 amide bonds. The van der Waals surface area contributed by atoms with Gasteiger partial charge in [-0.1, -0.05) is 30.3 Å². The van der Waals surface area contributed by atoms with Crippen LogP contribution >= 0.6 is 11.3 Å². The van der Waals surface area contributed by atoms with Crippen molar-refractivity contribution >= 4 is 29.0 Å². The Hall–Kier alpha value is -2.84. The van der Waals surface area contributed by atoms with E-state index in [1.165, 1.54) is 0 Å². The van der Waals surface area contributed by atoms with Crippen molar-refractivity contribution in [3.05, 3.63) is 93.8 Å². The fourth-order valence-electron chi connectivity index (χ4n) is 3.31. The molecule has 34 heavy (non-hydrogen) atoms. The maximum Gasteiger partial charge on any atom is 1.00 e. The monoisotopic (exact) mass is 482 g/mol. The summed E-state index contributed by atoms with van der Waals surface area (Å²) in [5.41, 5.74) is 3.33. The molecular formula is C26H23N2NaO4S. The molecule has 4 aromatic rings. The molecule has 168 valence electrons. The SMILES string of the molecule is COc1cc(OC)c(-c2cccs2)cc1/C=C/C(=O)c1ccc(C[N-]c2cc(C)on2)cc1.[Na+]. The summed E-state index contributed by atoms with van der Waals surface area (Å²) in [6, 6.07) is 17.0. The minimum Gasteiger partial charge on any atom is -0.496 e. The van der Waals surface area contributed by atoms with Gasteiger partial charge in [0, 0.05) is 27.6 Å². The van der Waals surface area contributed by atoms with Crippen molar-refractivity contribution in [2.45, 2.75) is 13.5 Å². The number of hydrogen-bond donors (Lipinski definition) is 0. The summed E-state index contributed by atoms with van der Waals surface area (Å²) in [5, 5.41) is 10.3. The molecule has 0 bridgehead atoms. The summed E-state index contributed by atoms with van der Waals surface area (Å²) in [4.78, 5) is 13.8. The zero-order valence-electron chi connectivity index (χ0n) is 19.6. The van der Waals surface area contributed by atoms with Crippen molar-refractivity contribution in [2.75, 3.05) is 14.2 Å². The van der Waals surface area contributed by atoms with Crippen LogP contribution in [0.3, 0.4) is 0 Å². The topological polar surface area (TPSA) is 75.7 Å². The molecule has 0 spiro atoms. The summed E-state index contributed by atoms with van der Waals surface area (Å²) in [5.74, 6) is 2.54. The first kappa shape index (κ1) is 25.8. The maximum atomic E-state index is 12.8. The van der Waals surface area contributed by atoms with E-state index in [1.807, 2.05) is 48.7 Å². The zero-order valence-corrected chi connectivity index (χ0v) is 22.4. The predicted octanol–water partition coefficient (Wildman–Crippen LogP) is 3.83. The third-order valence-electron chi connectivity index (χ3n) is 5.03. The molecular weight excluding hydrogens is 459 g/mol. The van der Waals surface area contributed by atoms with Gasteiger partial charge in [-0.15, -0.1) is 11.3 Å². The molecule has 2 aromatic carbocycles. The molecule has 0 saturated heterocycles. The van der Waals surface area contributed by atoms with Crippen LogP contribution in [0.25, 0.3) is 21.8 Å². The number of carbonyl (C=O) groups excluding carboxylic acids is 1. The average Bonchev–Trinajstić information content (AvgIpc) is 3.53. The Morgan fingerprint density at radius 3 is 2.47 bits per heavy atom. The van der Waals surface area contributed by atoms with Gasteiger partial charge < -0.3 is 19.3 Å². The molecule has 4 rings (SSSR count). The first-order chi connectivity index (χ1) is 16.1. The minimum atomic E-state index is -0.0961. The van der Waals surface area contributed by atoms with E-state index in [1.54, 1.807) is 55.9 Å². The minimum absolute atomic E-state index is 0. The van der Waals surface area contributed by atoms with Crippen LogP contribution < -0.4 is 39.0 Å². The summed E-state index contributed by atoms with van der Waals surface area (Å²) in [6.07, 6.45) is 3.33. The number of thiophene rings is 1. The molecule has 0 radical (unpaired) electrons. The van der Waals surface area contributed by atoms with Crippen LogP contribution in [-0.4, -0.2) is 25.2 Å². The third kappa shape index (κ3) is 6.18. The van der Waals surface area contributed by atoms with Crippen molar-refractivity contribution in [2.24, 2.45) is 0 Å². The van der Waals surface area contributed by atoms with Crippen LogP contribution in [0.4, 0.5) is 5.82 Å². The molecule has 0 fully saturated rings. The van der Waals surface area contributed by atoms with Gasteiger partial charge in [-0.25, -0.2) is 0 Å². The van der Waals surface area contributed by atoms with Crippen molar-refractivity contribution < 1.29 is 48.3 Å². The second-order valence-electron chi connectivity index (χ2n) is 7.28. The largest absolute Gasteiger partial charge is 1.00 e. The molecule has 0 aliphatic rings. The molecule has 0 saturated carbocycles. The normalized spacial score (nSPS) is 10.7. The Morgan fingerprint density at radius 2 is 1.85 bits per heavy atom. The van der Waals surface area contributed by atoms with Crippen molar-refractivity contribution in [1.82, 2.24) is 5.16 Å². The van der Waals surface area contributed by atoms with Gasteiger partial charge in [0.25, 0.3) is 0 Å². The summed E-state index contributed by atoms with van der Waals surface area (Å²) in [6.45, 7) is 2.29. The Balaban J connectivity index is 0.00000324. The fraction of sp³-hybridized carbons (Fsp3) is 0.154. The smallest absolute Gasteiger partial charge is 0.496 e. The van der Waals surface area contributed by atoms with Gasteiger partial charge in [-0.2, -0.15) is 0 Å². The second-order valence-corrected chi connectivity index (χ2v) is 8.23. The number of rotatable bonds is 9. The Bertz CT molecular complexity index is 1260. The molecule has 6 nitrogen and oxygen atoms in total. The van der Waals surface area contributed by atoms with E-state index in [-0.39, 0.29) is 35.3 Å². The van der Waals surface area contributed by atoms with Gasteiger partial charge in [0.1, 0.15) is 17.3 Å². The zero-order chi connectivity index (χ0) is 23.2. The number of hydrogen-bond acceptors (Lipinski definition) is 6. The van der Waals surface area contributed by atoms with Crippen LogP contribution in [0.1, 0.15) is 27.2 Å². The van der Waals surface area contributed by atoms with Crippen LogP contribution in [0.5, 0.6) is 11.5 Å². The molecule has 2 heterocycles. The number of benzene rings is 2. The number of ketones is 1. The third-order valence-corrected chi connectivity index (χ3v) is 5.93. The van der Waals surface area contributed by atoms with Gasteiger partial charge in [0.05, 0.1) is 14.2 Å².